The molecule has 0 aliphatic carbocycles. The maximum atomic E-state index is 12.2. The number of imidazole rings is 1. The van der Waals surface area contributed by atoms with Gasteiger partial charge in [-0.1, -0.05) is 12.1 Å². The second-order valence-corrected chi connectivity index (χ2v) is 6.35. The summed E-state index contributed by atoms with van der Waals surface area (Å²) < 4.78 is 14.4. The Morgan fingerprint density at radius 3 is 2.65 bits per heavy atom. The molecule has 0 amide bonds. The average Bonchev–Trinajstić information content (AvgIpc) is 2.85. The Morgan fingerprint density at radius 1 is 1.35 bits per heavy atom. The second-order valence-electron chi connectivity index (χ2n) is 4.96. The van der Waals surface area contributed by atoms with Gasteiger partial charge in [0.25, 0.3) is 0 Å². The zero-order valence-corrected chi connectivity index (χ0v) is 13.5. The summed E-state index contributed by atoms with van der Waals surface area (Å²) in [4.78, 5) is 23.3. The summed E-state index contributed by atoms with van der Waals surface area (Å²) >= 11 is 0. The summed E-state index contributed by atoms with van der Waals surface area (Å²) in [5, 5.41) is 0.317. The molecular weight excluding hydrogens is 316 g/mol. The summed E-state index contributed by atoms with van der Waals surface area (Å²) in [6.07, 6.45) is 1.68. The van der Waals surface area contributed by atoms with Gasteiger partial charge in [0.15, 0.2) is 11.5 Å². The SMILES string of the molecule is COc1ccc(Cn2c(=O)[nH]c3c(N)nc(S(C)=N)nc32)cc1. The molecule has 4 N–H and O–H groups in total. The number of aromatic nitrogens is 4. The fourth-order valence-electron chi connectivity index (χ4n) is 2.23. The van der Waals surface area contributed by atoms with Gasteiger partial charge in [-0.15, -0.1) is 0 Å². The largest absolute Gasteiger partial charge is 0.497 e. The second kappa shape index (κ2) is 5.84. The number of nitrogen functional groups attached to an aromatic ring is 1. The fraction of sp³-hybridized carbons (Fsp3) is 0.214. The maximum Gasteiger partial charge on any atom is 0.328 e. The predicted octanol–water partition coefficient (Wildman–Crippen LogP) is 1.13. The molecule has 9 heteroatoms. The summed E-state index contributed by atoms with van der Waals surface area (Å²) in [6.45, 7) is 0.341. The van der Waals surface area contributed by atoms with Crippen molar-refractivity contribution in [3.63, 3.8) is 0 Å². The minimum atomic E-state index is -0.893. The van der Waals surface area contributed by atoms with Crippen LogP contribution in [0.1, 0.15) is 5.56 Å². The normalized spacial score (nSPS) is 12.4. The van der Waals surface area contributed by atoms with Crippen molar-refractivity contribution < 1.29 is 4.74 Å². The number of fused-ring (bicyclic) bond motifs is 1. The van der Waals surface area contributed by atoms with Crippen molar-refractivity contribution in [2.24, 2.45) is 0 Å². The minimum absolute atomic E-state index is 0.183. The summed E-state index contributed by atoms with van der Waals surface area (Å²) in [5.74, 6) is 0.931. The number of nitrogens with two attached hydrogens (primary N) is 1. The number of rotatable bonds is 4. The van der Waals surface area contributed by atoms with E-state index in [1.165, 1.54) is 4.57 Å². The van der Waals surface area contributed by atoms with Gasteiger partial charge in [0.2, 0.25) is 5.16 Å². The third-order valence-corrected chi connectivity index (χ3v) is 4.13. The van der Waals surface area contributed by atoms with E-state index in [1.54, 1.807) is 13.4 Å². The Bertz CT molecular complexity index is 944. The number of methoxy groups -OCH3 is 1. The van der Waals surface area contributed by atoms with Gasteiger partial charge >= 0.3 is 5.69 Å². The lowest BCUT2D eigenvalue weighted by atomic mass is 10.2. The first-order valence-electron chi connectivity index (χ1n) is 6.75. The van der Waals surface area contributed by atoms with Crippen molar-refractivity contribution in [3.8, 4) is 5.75 Å². The molecule has 120 valence electrons. The van der Waals surface area contributed by atoms with Crippen molar-refractivity contribution in [3.05, 3.63) is 40.3 Å². The van der Waals surface area contributed by atoms with Gasteiger partial charge in [0.05, 0.1) is 13.7 Å². The van der Waals surface area contributed by atoms with Crippen LogP contribution >= 0.6 is 0 Å². The molecule has 3 rings (SSSR count). The van der Waals surface area contributed by atoms with Crippen molar-refractivity contribution in [2.75, 3.05) is 19.1 Å². The molecule has 2 heterocycles. The van der Waals surface area contributed by atoms with Crippen LogP contribution in [0.3, 0.4) is 0 Å². The molecule has 0 aliphatic heterocycles. The monoisotopic (exact) mass is 332 g/mol. The van der Waals surface area contributed by atoms with Gasteiger partial charge < -0.3 is 15.5 Å². The van der Waals surface area contributed by atoms with Crippen LogP contribution in [0.5, 0.6) is 5.75 Å². The fourth-order valence-corrected chi connectivity index (χ4v) is 2.69. The standard InChI is InChI=1S/C14H16N6O2S/c1-22-9-5-3-8(4-6-9)7-20-12-10(17-14(20)21)11(15)18-13(19-12)23(2)16/h3-6,16H,7H2,1-2H3,(H,17,21)(H2,15,18,19). The third kappa shape index (κ3) is 2.82. The van der Waals surface area contributed by atoms with Crippen LogP contribution in [-0.4, -0.2) is 32.9 Å². The molecule has 0 aliphatic rings. The highest BCUT2D eigenvalue weighted by Gasteiger charge is 2.14. The molecule has 0 bridgehead atoms. The van der Waals surface area contributed by atoms with Gasteiger partial charge in [0.1, 0.15) is 11.3 Å². The Kier molecular flexibility index (Phi) is 3.87. The first kappa shape index (κ1) is 15.2. The first-order chi connectivity index (χ1) is 11.0. The van der Waals surface area contributed by atoms with E-state index in [9.17, 15) is 4.79 Å². The zero-order chi connectivity index (χ0) is 16.6. The van der Waals surface area contributed by atoms with Gasteiger partial charge in [-0.05, 0) is 34.6 Å². The lowest BCUT2D eigenvalue weighted by Gasteiger charge is -2.06. The Morgan fingerprint density at radius 2 is 2.04 bits per heavy atom. The smallest absolute Gasteiger partial charge is 0.328 e. The molecule has 1 aromatic carbocycles. The quantitative estimate of drug-likeness (QED) is 0.618. The number of ether oxygens (including phenoxy) is 1. The highest BCUT2D eigenvalue weighted by molar-refractivity contribution is 7.85. The van der Waals surface area contributed by atoms with Crippen LogP contribution in [0.2, 0.25) is 0 Å². The molecular formula is C14H16N6O2S. The number of nitrogens with one attached hydrogen (secondary N) is 2. The maximum absolute atomic E-state index is 12.2. The molecule has 0 spiro atoms. The van der Waals surface area contributed by atoms with E-state index < -0.39 is 10.7 Å². The lowest BCUT2D eigenvalue weighted by Crippen LogP contribution is -2.18. The lowest BCUT2D eigenvalue weighted by molar-refractivity contribution is 0.414. The van der Waals surface area contributed by atoms with Crippen LogP contribution in [0.25, 0.3) is 11.2 Å². The molecule has 0 saturated carbocycles. The number of anilines is 1. The summed E-state index contributed by atoms with van der Waals surface area (Å²) in [6, 6.07) is 7.42. The van der Waals surface area contributed by atoms with E-state index >= 15 is 0 Å². The Labute approximate surface area is 134 Å². The van der Waals surface area contributed by atoms with Crippen molar-refractivity contribution in [2.45, 2.75) is 11.7 Å². The minimum Gasteiger partial charge on any atom is -0.497 e. The van der Waals surface area contributed by atoms with Gasteiger partial charge in [0, 0.05) is 0 Å². The molecule has 1 unspecified atom stereocenters. The van der Waals surface area contributed by atoms with E-state index in [2.05, 4.69) is 15.0 Å². The van der Waals surface area contributed by atoms with E-state index in [0.717, 1.165) is 11.3 Å². The predicted molar refractivity (Wildman–Crippen MR) is 88.9 cm³/mol. The molecule has 3 aromatic rings. The highest BCUT2D eigenvalue weighted by Crippen LogP contribution is 2.17. The van der Waals surface area contributed by atoms with Crippen LogP contribution in [0, 0.1) is 4.78 Å². The Hall–Kier alpha value is -2.68. The van der Waals surface area contributed by atoms with Crippen molar-refractivity contribution in [1.82, 2.24) is 19.5 Å². The first-order valence-corrected chi connectivity index (χ1v) is 8.39. The van der Waals surface area contributed by atoms with Gasteiger partial charge in [-0.25, -0.2) is 14.8 Å². The molecule has 0 radical (unpaired) electrons. The Balaban J connectivity index is 2.10. The molecule has 8 nitrogen and oxygen atoms in total. The van der Waals surface area contributed by atoms with Crippen LogP contribution in [0.4, 0.5) is 5.82 Å². The molecule has 23 heavy (non-hydrogen) atoms. The number of benzene rings is 1. The van der Waals surface area contributed by atoms with Gasteiger partial charge in [-0.3, -0.25) is 9.35 Å². The zero-order valence-electron chi connectivity index (χ0n) is 12.7. The van der Waals surface area contributed by atoms with Crippen molar-refractivity contribution >= 4 is 27.7 Å². The molecule has 2 aromatic heterocycles. The topological polar surface area (TPSA) is 123 Å². The van der Waals surface area contributed by atoms with E-state index in [1.807, 2.05) is 24.3 Å². The number of H-pyrrole nitrogens is 1. The number of nitrogens with zero attached hydrogens (tertiary/aromatic N) is 3. The molecule has 0 fully saturated rings. The molecule has 0 saturated heterocycles. The highest BCUT2D eigenvalue weighted by atomic mass is 32.2. The third-order valence-electron chi connectivity index (χ3n) is 3.40. The summed E-state index contributed by atoms with van der Waals surface area (Å²) in [5.41, 5.74) is 7.31. The van der Waals surface area contributed by atoms with Crippen molar-refractivity contribution in [1.29, 1.82) is 4.78 Å². The molecule has 1 atom stereocenters. The number of hydrogen-bond acceptors (Lipinski definition) is 6. The van der Waals surface area contributed by atoms with Crippen LogP contribution < -0.4 is 16.2 Å². The summed E-state index contributed by atoms with van der Waals surface area (Å²) in [7, 11) is 0.707. The van der Waals surface area contributed by atoms with E-state index in [0.29, 0.717) is 22.9 Å². The van der Waals surface area contributed by atoms with E-state index in [4.69, 9.17) is 15.3 Å². The van der Waals surface area contributed by atoms with Crippen LogP contribution in [0.15, 0.2) is 34.2 Å². The van der Waals surface area contributed by atoms with E-state index in [-0.39, 0.29) is 11.5 Å². The van der Waals surface area contributed by atoms with Gasteiger partial charge in [-0.2, -0.15) is 0 Å². The number of aromatic amines is 1. The number of hydrogen-bond donors (Lipinski definition) is 3. The average molecular weight is 332 g/mol. The van der Waals surface area contributed by atoms with Crippen LogP contribution in [-0.2, 0) is 17.2 Å².